The van der Waals surface area contributed by atoms with Gasteiger partial charge in [0.15, 0.2) is 0 Å². The molecule has 0 aliphatic rings. The summed E-state index contributed by atoms with van der Waals surface area (Å²) in [6.07, 6.45) is 5.41. The van der Waals surface area contributed by atoms with E-state index in [4.69, 9.17) is 23.2 Å². The lowest BCUT2D eigenvalue weighted by Gasteiger charge is -2.08. The summed E-state index contributed by atoms with van der Waals surface area (Å²) < 4.78 is 1.98. The number of nitrogens with one attached hydrogen (secondary N) is 1. The number of rotatable bonds is 5. The molecule has 1 aromatic carbocycles. The zero-order chi connectivity index (χ0) is 16.9. The fourth-order valence-corrected chi connectivity index (χ4v) is 2.61. The van der Waals surface area contributed by atoms with E-state index in [1.54, 1.807) is 24.7 Å². The van der Waals surface area contributed by atoms with Crippen LogP contribution in [0.25, 0.3) is 0 Å². The van der Waals surface area contributed by atoms with Crippen molar-refractivity contribution in [3.8, 4) is 0 Å². The van der Waals surface area contributed by atoms with Crippen LogP contribution in [0.5, 0.6) is 0 Å². The van der Waals surface area contributed by atoms with E-state index in [1.807, 2.05) is 35.0 Å². The average Bonchev–Trinajstić information content (AvgIpc) is 3.08. The van der Waals surface area contributed by atoms with Gasteiger partial charge in [0.05, 0.1) is 11.3 Å². The molecule has 7 heteroatoms. The monoisotopic (exact) mass is 360 g/mol. The SMILES string of the molecule is O=C(NCc1cccc(Cn2ccnc2)c1)c1nc(Cl)ccc1Cl. The first kappa shape index (κ1) is 16.5. The molecule has 0 aliphatic heterocycles. The van der Waals surface area contributed by atoms with Crippen LogP contribution in [0.3, 0.4) is 0 Å². The lowest BCUT2D eigenvalue weighted by Crippen LogP contribution is -2.24. The lowest BCUT2D eigenvalue weighted by molar-refractivity contribution is 0.0946. The van der Waals surface area contributed by atoms with E-state index in [9.17, 15) is 4.79 Å². The fourth-order valence-electron chi connectivity index (χ4n) is 2.27. The van der Waals surface area contributed by atoms with Crippen molar-refractivity contribution in [3.63, 3.8) is 0 Å². The van der Waals surface area contributed by atoms with E-state index in [0.29, 0.717) is 6.54 Å². The van der Waals surface area contributed by atoms with E-state index in [-0.39, 0.29) is 21.8 Å². The molecular weight excluding hydrogens is 347 g/mol. The number of hydrogen-bond acceptors (Lipinski definition) is 3. The van der Waals surface area contributed by atoms with E-state index >= 15 is 0 Å². The Labute approximate surface area is 149 Å². The van der Waals surface area contributed by atoms with Crippen LogP contribution >= 0.6 is 23.2 Å². The first-order chi connectivity index (χ1) is 11.6. The largest absolute Gasteiger partial charge is 0.347 e. The number of halogens is 2. The molecule has 0 unspecified atom stereocenters. The number of amides is 1. The summed E-state index contributed by atoms with van der Waals surface area (Å²) in [5.74, 6) is -0.359. The molecule has 0 bridgehead atoms. The normalized spacial score (nSPS) is 10.6. The molecule has 0 fully saturated rings. The Hall–Kier alpha value is -2.37. The topological polar surface area (TPSA) is 59.8 Å². The van der Waals surface area contributed by atoms with Crippen LogP contribution in [0.15, 0.2) is 55.1 Å². The van der Waals surface area contributed by atoms with Crippen LogP contribution in [0.4, 0.5) is 0 Å². The Morgan fingerprint density at radius 2 is 2.00 bits per heavy atom. The van der Waals surface area contributed by atoms with Gasteiger partial charge >= 0.3 is 0 Å². The van der Waals surface area contributed by atoms with Crippen molar-refractivity contribution >= 4 is 29.1 Å². The molecule has 0 atom stereocenters. The summed E-state index contributed by atoms with van der Waals surface area (Å²) in [7, 11) is 0. The zero-order valence-electron chi connectivity index (χ0n) is 12.6. The van der Waals surface area contributed by atoms with Crippen molar-refractivity contribution < 1.29 is 4.79 Å². The number of imidazole rings is 1. The van der Waals surface area contributed by atoms with Gasteiger partial charge in [-0.05, 0) is 23.3 Å². The maximum Gasteiger partial charge on any atom is 0.271 e. The Morgan fingerprint density at radius 1 is 1.17 bits per heavy atom. The quantitative estimate of drug-likeness (QED) is 0.707. The van der Waals surface area contributed by atoms with Gasteiger partial charge in [-0.2, -0.15) is 0 Å². The molecule has 5 nitrogen and oxygen atoms in total. The number of nitrogens with zero attached hydrogens (tertiary/aromatic N) is 3. The molecule has 3 aromatic rings. The van der Waals surface area contributed by atoms with Crippen LogP contribution in [0.1, 0.15) is 21.6 Å². The molecule has 122 valence electrons. The highest BCUT2D eigenvalue weighted by molar-refractivity contribution is 6.34. The first-order valence-electron chi connectivity index (χ1n) is 7.25. The molecule has 2 heterocycles. The summed E-state index contributed by atoms with van der Waals surface area (Å²) >= 11 is 11.8. The van der Waals surface area contributed by atoms with Crippen LogP contribution in [-0.2, 0) is 13.1 Å². The molecule has 2 aromatic heterocycles. The predicted molar refractivity (Wildman–Crippen MR) is 93.2 cm³/mol. The standard InChI is InChI=1S/C17H14Cl2N4O/c18-14-4-5-15(19)22-16(14)17(24)21-9-12-2-1-3-13(8-12)10-23-7-6-20-11-23/h1-8,11H,9-10H2,(H,21,24). The molecule has 0 spiro atoms. The van der Waals surface area contributed by atoms with Gasteiger partial charge in [-0.15, -0.1) is 0 Å². The van der Waals surface area contributed by atoms with Crippen LogP contribution < -0.4 is 5.32 Å². The number of aromatic nitrogens is 3. The van der Waals surface area contributed by atoms with E-state index in [0.717, 1.165) is 17.7 Å². The molecule has 1 amide bonds. The van der Waals surface area contributed by atoms with E-state index in [2.05, 4.69) is 15.3 Å². The maximum absolute atomic E-state index is 12.2. The second-order valence-electron chi connectivity index (χ2n) is 5.20. The van der Waals surface area contributed by atoms with Crippen molar-refractivity contribution in [1.82, 2.24) is 19.9 Å². The minimum absolute atomic E-state index is 0.124. The second-order valence-corrected chi connectivity index (χ2v) is 6.00. The average molecular weight is 361 g/mol. The second kappa shape index (κ2) is 7.47. The van der Waals surface area contributed by atoms with Gasteiger partial charge in [-0.3, -0.25) is 4.79 Å². The Bertz CT molecular complexity index is 850. The Balaban J connectivity index is 1.66. The Morgan fingerprint density at radius 3 is 2.79 bits per heavy atom. The molecule has 24 heavy (non-hydrogen) atoms. The van der Waals surface area contributed by atoms with Gasteiger partial charge in [0.2, 0.25) is 0 Å². The molecule has 3 rings (SSSR count). The summed E-state index contributed by atoms with van der Waals surface area (Å²) in [4.78, 5) is 20.2. The minimum Gasteiger partial charge on any atom is -0.347 e. The van der Waals surface area contributed by atoms with Crippen molar-refractivity contribution in [3.05, 3.63) is 82.1 Å². The van der Waals surface area contributed by atoms with Gasteiger partial charge in [0.1, 0.15) is 10.8 Å². The smallest absolute Gasteiger partial charge is 0.271 e. The number of carbonyl (C=O) groups excluding carboxylic acids is 1. The third-order valence-corrected chi connectivity index (χ3v) is 3.91. The minimum atomic E-state index is -0.359. The zero-order valence-corrected chi connectivity index (χ0v) is 14.1. The van der Waals surface area contributed by atoms with Crippen LogP contribution in [0, 0.1) is 0 Å². The number of hydrogen-bond donors (Lipinski definition) is 1. The van der Waals surface area contributed by atoms with Gasteiger partial charge < -0.3 is 9.88 Å². The van der Waals surface area contributed by atoms with E-state index in [1.165, 1.54) is 0 Å². The molecule has 0 saturated heterocycles. The van der Waals surface area contributed by atoms with Gasteiger partial charge in [0, 0.05) is 25.5 Å². The maximum atomic E-state index is 12.2. The van der Waals surface area contributed by atoms with Crippen LogP contribution in [-0.4, -0.2) is 20.4 Å². The molecule has 1 N–H and O–H groups in total. The Kier molecular flexibility index (Phi) is 5.13. The van der Waals surface area contributed by atoms with Crippen molar-refractivity contribution in [2.45, 2.75) is 13.1 Å². The first-order valence-corrected chi connectivity index (χ1v) is 8.01. The third kappa shape index (κ3) is 4.13. The summed E-state index contributed by atoms with van der Waals surface area (Å²) in [5.41, 5.74) is 2.23. The number of benzene rings is 1. The fraction of sp³-hybridized carbons (Fsp3) is 0.118. The van der Waals surface area contributed by atoms with Gasteiger partial charge in [-0.1, -0.05) is 47.5 Å². The van der Waals surface area contributed by atoms with E-state index < -0.39 is 0 Å². The van der Waals surface area contributed by atoms with Crippen LogP contribution in [0.2, 0.25) is 10.2 Å². The molecule has 0 saturated carbocycles. The number of carbonyl (C=O) groups is 1. The van der Waals surface area contributed by atoms with Gasteiger partial charge in [0.25, 0.3) is 5.91 Å². The predicted octanol–water partition coefficient (Wildman–Crippen LogP) is 3.56. The van der Waals surface area contributed by atoms with Crippen molar-refractivity contribution in [2.24, 2.45) is 0 Å². The molecular formula is C17H14Cl2N4O. The molecule has 0 aliphatic carbocycles. The van der Waals surface area contributed by atoms with Gasteiger partial charge in [-0.25, -0.2) is 9.97 Å². The molecule has 0 radical (unpaired) electrons. The highest BCUT2D eigenvalue weighted by Gasteiger charge is 2.12. The summed E-state index contributed by atoms with van der Waals surface area (Å²) in [6, 6.07) is 11.1. The highest BCUT2D eigenvalue weighted by Crippen LogP contribution is 2.17. The number of pyridine rings is 1. The summed E-state index contributed by atoms with van der Waals surface area (Å²) in [5, 5.41) is 3.30. The van der Waals surface area contributed by atoms with Crippen molar-refractivity contribution in [2.75, 3.05) is 0 Å². The lowest BCUT2D eigenvalue weighted by atomic mass is 10.1. The summed E-state index contributed by atoms with van der Waals surface area (Å²) in [6.45, 7) is 1.10. The third-order valence-electron chi connectivity index (χ3n) is 3.40. The highest BCUT2D eigenvalue weighted by atomic mass is 35.5. The van der Waals surface area contributed by atoms with Crippen molar-refractivity contribution in [1.29, 1.82) is 0 Å².